The molecule has 2 aromatic carbocycles. The zero-order valence-electron chi connectivity index (χ0n) is 11.9. The van der Waals surface area contributed by atoms with Crippen molar-refractivity contribution in [2.45, 2.75) is 11.8 Å². The lowest BCUT2D eigenvalue weighted by Crippen LogP contribution is -2.13. The maximum Gasteiger partial charge on any atom is 0.261 e. The fourth-order valence-corrected chi connectivity index (χ4v) is 3.30. The standard InChI is InChI=1S/C16H15N3O2S/c1-12-4-2-7-15(10-12)22(20,21)19-14-6-3-5-13(11-14)16-17-8-9-18-16/h2-11,19H,1H3,(H,17,18). The zero-order valence-corrected chi connectivity index (χ0v) is 12.8. The zero-order chi connectivity index (χ0) is 15.6. The van der Waals surface area contributed by atoms with Gasteiger partial charge in [0.15, 0.2) is 0 Å². The predicted molar refractivity (Wildman–Crippen MR) is 86.0 cm³/mol. The Balaban J connectivity index is 1.91. The number of sulfonamides is 1. The van der Waals surface area contributed by atoms with E-state index in [4.69, 9.17) is 0 Å². The highest BCUT2D eigenvalue weighted by Gasteiger charge is 2.14. The molecule has 0 spiro atoms. The summed E-state index contributed by atoms with van der Waals surface area (Å²) in [5.74, 6) is 0.691. The lowest BCUT2D eigenvalue weighted by molar-refractivity contribution is 0.601. The Bertz CT molecular complexity index is 887. The van der Waals surface area contributed by atoms with Crippen molar-refractivity contribution in [3.63, 3.8) is 0 Å². The Hall–Kier alpha value is -2.60. The highest BCUT2D eigenvalue weighted by Crippen LogP contribution is 2.22. The molecular formula is C16H15N3O2S. The van der Waals surface area contributed by atoms with E-state index < -0.39 is 10.0 Å². The predicted octanol–water partition coefficient (Wildman–Crippen LogP) is 3.19. The van der Waals surface area contributed by atoms with Gasteiger partial charge in [0.1, 0.15) is 5.82 Å². The number of hydrogen-bond acceptors (Lipinski definition) is 3. The average molecular weight is 313 g/mol. The van der Waals surface area contributed by atoms with E-state index in [-0.39, 0.29) is 4.90 Å². The van der Waals surface area contributed by atoms with Crippen LogP contribution in [0.4, 0.5) is 5.69 Å². The molecule has 0 fully saturated rings. The van der Waals surface area contributed by atoms with Crippen LogP contribution in [-0.4, -0.2) is 18.4 Å². The second kappa shape index (κ2) is 5.65. The number of rotatable bonds is 4. The molecule has 5 nitrogen and oxygen atoms in total. The fourth-order valence-electron chi connectivity index (χ4n) is 2.15. The molecule has 1 heterocycles. The molecule has 0 unspecified atom stereocenters. The number of hydrogen-bond donors (Lipinski definition) is 2. The van der Waals surface area contributed by atoms with E-state index in [0.29, 0.717) is 11.5 Å². The van der Waals surface area contributed by atoms with Gasteiger partial charge in [-0.1, -0.05) is 24.3 Å². The van der Waals surface area contributed by atoms with Gasteiger partial charge < -0.3 is 4.98 Å². The second-order valence-corrected chi connectivity index (χ2v) is 6.62. The first-order chi connectivity index (χ1) is 10.5. The van der Waals surface area contributed by atoms with E-state index in [0.717, 1.165) is 11.1 Å². The largest absolute Gasteiger partial charge is 0.345 e. The molecular weight excluding hydrogens is 298 g/mol. The number of anilines is 1. The van der Waals surface area contributed by atoms with Crippen LogP contribution in [0.5, 0.6) is 0 Å². The first kappa shape index (κ1) is 14.3. The van der Waals surface area contributed by atoms with Crippen LogP contribution >= 0.6 is 0 Å². The summed E-state index contributed by atoms with van der Waals surface area (Å²) in [4.78, 5) is 7.40. The Morgan fingerprint density at radius 3 is 2.64 bits per heavy atom. The second-order valence-electron chi connectivity index (χ2n) is 4.94. The number of nitrogens with zero attached hydrogens (tertiary/aromatic N) is 1. The third-order valence-corrected chi connectivity index (χ3v) is 4.57. The van der Waals surface area contributed by atoms with Gasteiger partial charge in [-0.15, -0.1) is 0 Å². The molecule has 0 amide bonds. The fraction of sp³-hybridized carbons (Fsp3) is 0.0625. The van der Waals surface area contributed by atoms with E-state index in [1.165, 1.54) is 0 Å². The maximum atomic E-state index is 12.4. The summed E-state index contributed by atoms with van der Waals surface area (Å²) < 4.78 is 27.4. The summed E-state index contributed by atoms with van der Waals surface area (Å²) in [7, 11) is -3.60. The van der Waals surface area contributed by atoms with Gasteiger partial charge in [0.25, 0.3) is 10.0 Å². The first-order valence-electron chi connectivity index (χ1n) is 6.74. The van der Waals surface area contributed by atoms with Crippen molar-refractivity contribution in [1.82, 2.24) is 9.97 Å². The van der Waals surface area contributed by atoms with Gasteiger partial charge in [-0.05, 0) is 36.8 Å². The monoisotopic (exact) mass is 313 g/mol. The maximum absolute atomic E-state index is 12.4. The van der Waals surface area contributed by atoms with E-state index >= 15 is 0 Å². The molecule has 0 bridgehead atoms. The quantitative estimate of drug-likeness (QED) is 0.777. The van der Waals surface area contributed by atoms with Crippen LogP contribution < -0.4 is 4.72 Å². The minimum Gasteiger partial charge on any atom is -0.345 e. The number of nitrogens with one attached hydrogen (secondary N) is 2. The van der Waals surface area contributed by atoms with Crippen LogP contribution in [0.3, 0.4) is 0 Å². The van der Waals surface area contributed by atoms with Crippen LogP contribution in [0.25, 0.3) is 11.4 Å². The van der Waals surface area contributed by atoms with Crippen LogP contribution in [0.15, 0.2) is 65.8 Å². The molecule has 2 N–H and O–H groups in total. The SMILES string of the molecule is Cc1cccc(S(=O)(=O)Nc2cccc(-c3ncc[nH]3)c2)c1. The summed E-state index contributed by atoms with van der Waals surface area (Å²) in [6.07, 6.45) is 3.37. The summed E-state index contributed by atoms with van der Waals surface area (Å²) in [6.45, 7) is 1.86. The Morgan fingerprint density at radius 2 is 1.91 bits per heavy atom. The van der Waals surface area contributed by atoms with Gasteiger partial charge in [-0.3, -0.25) is 4.72 Å². The summed E-state index contributed by atoms with van der Waals surface area (Å²) in [5.41, 5.74) is 2.21. The van der Waals surface area contributed by atoms with Gasteiger partial charge in [0.2, 0.25) is 0 Å². The lowest BCUT2D eigenvalue weighted by atomic mass is 10.2. The average Bonchev–Trinajstić information content (AvgIpc) is 3.01. The highest BCUT2D eigenvalue weighted by atomic mass is 32.2. The van der Waals surface area contributed by atoms with Crippen LogP contribution in [0.1, 0.15) is 5.56 Å². The van der Waals surface area contributed by atoms with Gasteiger partial charge in [0.05, 0.1) is 4.90 Å². The minimum absolute atomic E-state index is 0.246. The third kappa shape index (κ3) is 3.01. The van der Waals surface area contributed by atoms with E-state index in [9.17, 15) is 8.42 Å². The van der Waals surface area contributed by atoms with Crippen molar-refractivity contribution >= 4 is 15.7 Å². The van der Waals surface area contributed by atoms with Gasteiger partial charge in [-0.2, -0.15) is 0 Å². The molecule has 22 heavy (non-hydrogen) atoms. The molecule has 0 atom stereocenters. The van der Waals surface area contributed by atoms with Crippen molar-refractivity contribution in [1.29, 1.82) is 0 Å². The Kier molecular flexibility index (Phi) is 3.68. The molecule has 0 aliphatic rings. The molecule has 0 radical (unpaired) electrons. The normalized spacial score (nSPS) is 11.3. The minimum atomic E-state index is -3.60. The molecule has 0 saturated heterocycles. The summed E-state index contributed by atoms with van der Waals surface area (Å²) in [5, 5.41) is 0. The molecule has 0 saturated carbocycles. The van der Waals surface area contributed by atoms with Gasteiger partial charge >= 0.3 is 0 Å². The van der Waals surface area contributed by atoms with Crippen molar-refractivity contribution in [2.24, 2.45) is 0 Å². The van der Waals surface area contributed by atoms with Crippen molar-refractivity contribution in [3.8, 4) is 11.4 Å². The molecule has 3 rings (SSSR count). The van der Waals surface area contributed by atoms with Gasteiger partial charge in [-0.25, -0.2) is 13.4 Å². The Labute approximate surface area is 129 Å². The highest BCUT2D eigenvalue weighted by molar-refractivity contribution is 7.92. The van der Waals surface area contributed by atoms with Crippen LogP contribution in [0.2, 0.25) is 0 Å². The van der Waals surface area contributed by atoms with Crippen molar-refractivity contribution in [3.05, 3.63) is 66.5 Å². The summed E-state index contributed by atoms with van der Waals surface area (Å²) in [6, 6.07) is 13.9. The van der Waals surface area contributed by atoms with Crippen LogP contribution in [0, 0.1) is 6.92 Å². The number of benzene rings is 2. The molecule has 112 valence electrons. The number of imidazole rings is 1. The molecule has 0 aliphatic carbocycles. The van der Waals surface area contributed by atoms with Crippen LogP contribution in [-0.2, 0) is 10.0 Å². The van der Waals surface area contributed by atoms with Gasteiger partial charge in [0, 0.05) is 23.6 Å². The van der Waals surface area contributed by atoms with E-state index in [2.05, 4.69) is 14.7 Å². The number of H-pyrrole nitrogens is 1. The van der Waals surface area contributed by atoms with E-state index in [1.54, 1.807) is 48.8 Å². The number of aryl methyl sites for hydroxylation is 1. The number of aromatic amines is 1. The smallest absolute Gasteiger partial charge is 0.261 e. The molecule has 3 aromatic rings. The van der Waals surface area contributed by atoms with E-state index in [1.807, 2.05) is 19.1 Å². The summed E-state index contributed by atoms with van der Waals surface area (Å²) >= 11 is 0. The molecule has 6 heteroatoms. The third-order valence-electron chi connectivity index (χ3n) is 3.19. The Morgan fingerprint density at radius 1 is 1.09 bits per heavy atom. The molecule has 0 aliphatic heterocycles. The van der Waals surface area contributed by atoms with Crippen molar-refractivity contribution in [2.75, 3.05) is 4.72 Å². The lowest BCUT2D eigenvalue weighted by Gasteiger charge is -2.09. The van der Waals surface area contributed by atoms with Crippen molar-refractivity contribution < 1.29 is 8.42 Å². The number of aromatic nitrogens is 2. The topological polar surface area (TPSA) is 74.8 Å². The molecule has 1 aromatic heterocycles. The first-order valence-corrected chi connectivity index (χ1v) is 8.22.